The molecule has 2 N–H and O–H groups in total. The largest absolute Gasteiger partial charge is 0.350 e. The molecule has 0 spiro atoms. The molecule has 0 atom stereocenters. The van der Waals surface area contributed by atoms with E-state index in [4.69, 9.17) is 0 Å². The van der Waals surface area contributed by atoms with Crippen molar-refractivity contribution in [3.8, 4) is 0 Å². The number of benzene rings is 2. The van der Waals surface area contributed by atoms with Crippen LogP contribution in [0.5, 0.6) is 0 Å². The number of hydrogen-bond acceptors (Lipinski definition) is 5. The second kappa shape index (κ2) is 11.0. The maximum absolute atomic E-state index is 13.7. The molecule has 7 nitrogen and oxygen atoms in total. The average Bonchev–Trinajstić information content (AvgIpc) is 3.28. The molecule has 2 aromatic carbocycles. The van der Waals surface area contributed by atoms with Crippen LogP contribution in [0.3, 0.4) is 0 Å². The molecule has 0 bridgehead atoms. The summed E-state index contributed by atoms with van der Waals surface area (Å²) in [6, 6.07) is 14.8. The van der Waals surface area contributed by atoms with E-state index in [9.17, 15) is 18.8 Å². The number of halogens is 1. The molecule has 3 aromatic rings. The fourth-order valence-corrected chi connectivity index (χ4v) is 3.33. The first-order valence-corrected chi connectivity index (χ1v) is 10.4. The van der Waals surface area contributed by atoms with Gasteiger partial charge in [-0.15, -0.1) is 11.3 Å². The van der Waals surface area contributed by atoms with Gasteiger partial charge in [-0.05, 0) is 23.8 Å². The van der Waals surface area contributed by atoms with Crippen molar-refractivity contribution in [2.24, 2.45) is 0 Å². The Balaban J connectivity index is 1.62. The summed E-state index contributed by atoms with van der Waals surface area (Å²) in [4.78, 5) is 42.4. The minimum Gasteiger partial charge on any atom is -0.350 e. The molecule has 3 amide bonds. The molecular weight excluding hydrogens is 419 g/mol. The smallest absolute Gasteiger partial charge is 0.240 e. The zero-order chi connectivity index (χ0) is 22.1. The van der Waals surface area contributed by atoms with E-state index in [0.717, 1.165) is 5.56 Å². The molecule has 31 heavy (non-hydrogen) atoms. The highest BCUT2D eigenvalue weighted by Crippen LogP contribution is 2.18. The number of nitrogens with one attached hydrogen (secondary N) is 2. The standard InChI is InChI=1S/C22H21FN4O3S/c23-17-7-4-8-18(13-17)27(15-20(29)25-14-16-5-2-1-3-6-16)21(30)10-9-19(28)26-22-24-11-12-31-22/h1-8,11-13H,9-10,14-15H2,(H,25,29)(H,24,26,28). The maximum atomic E-state index is 13.7. The fraction of sp³-hybridized carbons (Fsp3) is 0.182. The van der Waals surface area contributed by atoms with Gasteiger partial charge in [0.2, 0.25) is 17.7 Å². The third-order valence-electron chi connectivity index (χ3n) is 4.30. The topological polar surface area (TPSA) is 91.4 Å². The molecular formula is C22H21FN4O3S. The van der Waals surface area contributed by atoms with Crippen LogP contribution in [0.4, 0.5) is 15.2 Å². The summed E-state index contributed by atoms with van der Waals surface area (Å²) in [5.74, 6) is -1.75. The van der Waals surface area contributed by atoms with Crippen LogP contribution in [0.15, 0.2) is 66.2 Å². The van der Waals surface area contributed by atoms with Gasteiger partial charge in [-0.1, -0.05) is 36.4 Å². The summed E-state index contributed by atoms with van der Waals surface area (Å²) in [5, 5.41) is 7.52. The summed E-state index contributed by atoms with van der Waals surface area (Å²) in [6.45, 7) is 0.0181. The van der Waals surface area contributed by atoms with Gasteiger partial charge in [0.15, 0.2) is 5.13 Å². The molecule has 0 unspecified atom stereocenters. The van der Waals surface area contributed by atoms with Crippen LogP contribution < -0.4 is 15.5 Å². The highest BCUT2D eigenvalue weighted by Gasteiger charge is 2.20. The van der Waals surface area contributed by atoms with Crippen LogP contribution in [0, 0.1) is 5.82 Å². The van der Waals surface area contributed by atoms with E-state index in [2.05, 4.69) is 15.6 Å². The van der Waals surface area contributed by atoms with E-state index < -0.39 is 17.6 Å². The Bertz CT molecular complexity index is 1030. The highest BCUT2D eigenvalue weighted by atomic mass is 32.1. The molecule has 1 heterocycles. The Hall–Kier alpha value is -3.59. The van der Waals surface area contributed by atoms with Crippen molar-refractivity contribution in [2.45, 2.75) is 19.4 Å². The lowest BCUT2D eigenvalue weighted by Crippen LogP contribution is -2.41. The van der Waals surface area contributed by atoms with E-state index in [1.54, 1.807) is 17.6 Å². The van der Waals surface area contributed by atoms with Gasteiger partial charge in [0, 0.05) is 36.7 Å². The molecule has 0 aliphatic rings. The van der Waals surface area contributed by atoms with E-state index in [1.165, 1.54) is 34.4 Å². The van der Waals surface area contributed by atoms with E-state index in [-0.39, 0.29) is 31.0 Å². The summed E-state index contributed by atoms with van der Waals surface area (Å²) in [7, 11) is 0. The number of anilines is 2. The van der Waals surface area contributed by atoms with Gasteiger partial charge in [0.05, 0.1) is 0 Å². The molecule has 0 fully saturated rings. The van der Waals surface area contributed by atoms with Crippen molar-refractivity contribution in [3.63, 3.8) is 0 Å². The number of amides is 3. The molecule has 3 rings (SSSR count). The van der Waals surface area contributed by atoms with Crippen molar-refractivity contribution in [1.29, 1.82) is 0 Å². The lowest BCUT2D eigenvalue weighted by Gasteiger charge is -2.22. The zero-order valence-electron chi connectivity index (χ0n) is 16.6. The van der Waals surface area contributed by atoms with Gasteiger partial charge < -0.3 is 15.5 Å². The van der Waals surface area contributed by atoms with Gasteiger partial charge >= 0.3 is 0 Å². The lowest BCUT2D eigenvalue weighted by atomic mass is 10.2. The van der Waals surface area contributed by atoms with Crippen molar-refractivity contribution < 1.29 is 18.8 Å². The summed E-state index contributed by atoms with van der Waals surface area (Å²) < 4.78 is 13.7. The van der Waals surface area contributed by atoms with Crippen LogP contribution in [-0.2, 0) is 20.9 Å². The quantitative estimate of drug-likeness (QED) is 0.534. The van der Waals surface area contributed by atoms with Crippen LogP contribution in [0.2, 0.25) is 0 Å². The predicted octanol–water partition coefficient (Wildman–Crippen LogP) is 3.35. The molecule has 0 aliphatic heterocycles. The summed E-state index contributed by atoms with van der Waals surface area (Å²) in [6.07, 6.45) is 1.33. The average molecular weight is 441 g/mol. The zero-order valence-corrected chi connectivity index (χ0v) is 17.4. The minimum absolute atomic E-state index is 0.0874. The molecule has 0 aliphatic carbocycles. The predicted molar refractivity (Wildman–Crippen MR) is 117 cm³/mol. The fourth-order valence-electron chi connectivity index (χ4n) is 2.79. The summed E-state index contributed by atoms with van der Waals surface area (Å²) >= 11 is 1.27. The van der Waals surface area contributed by atoms with Gasteiger partial charge in [0.25, 0.3) is 0 Å². The SMILES string of the molecule is O=C(CN(C(=O)CCC(=O)Nc1nccs1)c1cccc(F)c1)NCc1ccccc1. The second-order valence-corrected chi connectivity index (χ2v) is 7.50. The number of hydrogen-bond donors (Lipinski definition) is 2. The molecule has 0 saturated carbocycles. The van der Waals surface area contributed by atoms with Gasteiger partial charge in [-0.3, -0.25) is 14.4 Å². The first-order chi connectivity index (χ1) is 15.0. The van der Waals surface area contributed by atoms with Gasteiger partial charge in [0.1, 0.15) is 12.4 Å². The van der Waals surface area contributed by atoms with Gasteiger partial charge in [-0.2, -0.15) is 0 Å². The first-order valence-electron chi connectivity index (χ1n) is 9.57. The molecule has 0 radical (unpaired) electrons. The van der Waals surface area contributed by atoms with Crippen LogP contribution >= 0.6 is 11.3 Å². The Morgan fingerprint density at radius 1 is 1.00 bits per heavy atom. The normalized spacial score (nSPS) is 10.4. The lowest BCUT2D eigenvalue weighted by molar-refractivity contribution is -0.125. The molecule has 1 aromatic heterocycles. The maximum Gasteiger partial charge on any atom is 0.240 e. The molecule has 0 saturated heterocycles. The van der Waals surface area contributed by atoms with E-state index >= 15 is 0 Å². The van der Waals surface area contributed by atoms with Gasteiger partial charge in [-0.25, -0.2) is 9.37 Å². The van der Waals surface area contributed by atoms with Crippen molar-refractivity contribution in [2.75, 3.05) is 16.8 Å². The van der Waals surface area contributed by atoms with E-state index in [1.807, 2.05) is 30.3 Å². The molecule has 160 valence electrons. The first kappa shape index (κ1) is 22.1. The number of nitrogens with zero attached hydrogens (tertiary/aromatic N) is 2. The number of carbonyl (C=O) groups excluding carboxylic acids is 3. The van der Waals surface area contributed by atoms with Crippen LogP contribution in [0.25, 0.3) is 0 Å². The Morgan fingerprint density at radius 3 is 2.52 bits per heavy atom. The Kier molecular flexibility index (Phi) is 7.83. The second-order valence-electron chi connectivity index (χ2n) is 6.61. The number of aromatic nitrogens is 1. The third kappa shape index (κ3) is 7.00. The third-order valence-corrected chi connectivity index (χ3v) is 4.99. The Labute approximate surface area is 182 Å². The number of carbonyl (C=O) groups is 3. The van der Waals surface area contributed by atoms with Crippen LogP contribution in [0.1, 0.15) is 18.4 Å². The monoisotopic (exact) mass is 440 g/mol. The van der Waals surface area contributed by atoms with Crippen molar-refractivity contribution in [3.05, 3.63) is 77.6 Å². The number of rotatable bonds is 9. The van der Waals surface area contributed by atoms with E-state index in [0.29, 0.717) is 11.7 Å². The molecule has 9 heteroatoms. The van der Waals surface area contributed by atoms with Crippen molar-refractivity contribution >= 4 is 39.9 Å². The number of thiazole rings is 1. The van der Waals surface area contributed by atoms with Crippen molar-refractivity contribution in [1.82, 2.24) is 10.3 Å². The summed E-state index contributed by atoms with van der Waals surface area (Å²) in [5.41, 5.74) is 1.17. The minimum atomic E-state index is -0.526. The Morgan fingerprint density at radius 2 is 1.81 bits per heavy atom. The van der Waals surface area contributed by atoms with Crippen LogP contribution in [-0.4, -0.2) is 29.3 Å². The highest BCUT2D eigenvalue weighted by molar-refractivity contribution is 7.13.